The zero-order valence-electron chi connectivity index (χ0n) is 7.59. The van der Waals surface area contributed by atoms with Crippen LogP contribution in [0.4, 0.5) is 0 Å². The molecule has 0 spiro atoms. The lowest BCUT2D eigenvalue weighted by molar-refractivity contribution is 0.223. The van der Waals surface area contributed by atoms with Crippen molar-refractivity contribution >= 4 is 27.5 Å². The van der Waals surface area contributed by atoms with Gasteiger partial charge in [0.1, 0.15) is 11.9 Å². The van der Waals surface area contributed by atoms with E-state index in [-0.39, 0.29) is 6.10 Å². The molecule has 1 heterocycles. The van der Waals surface area contributed by atoms with Gasteiger partial charge in [0, 0.05) is 11.0 Å². The molecule has 1 aromatic carbocycles. The van der Waals surface area contributed by atoms with E-state index in [0.717, 1.165) is 29.7 Å². The van der Waals surface area contributed by atoms with E-state index < -0.39 is 0 Å². The van der Waals surface area contributed by atoms with Gasteiger partial charge in [-0.3, -0.25) is 0 Å². The largest absolute Gasteiger partial charge is 0.487 e. The summed E-state index contributed by atoms with van der Waals surface area (Å²) in [5, 5.41) is 3.91. The summed E-state index contributed by atoms with van der Waals surface area (Å²) >= 11 is 9.40. The average Bonchev–Trinajstić information content (AvgIpc) is 2.64. The SMILES string of the molecule is Clc1ccc(Br)cc1O[C@@H]1CCNC1. The molecule has 0 aliphatic carbocycles. The van der Waals surface area contributed by atoms with E-state index in [9.17, 15) is 0 Å². The van der Waals surface area contributed by atoms with Crippen LogP contribution < -0.4 is 10.1 Å². The molecule has 2 rings (SSSR count). The van der Waals surface area contributed by atoms with E-state index >= 15 is 0 Å². The topological polar surface area (TPSA) is 21.3 Å². The van der Waals surface area contributed by atoms with Gasteiger partial charge in [-0.1, -0.05) is 27.5 Å². The first kappa shape index (κ1) is 10.3. The maximum Gasteiger partial charge on any atom is 0.139 e. The Hall–Kier alpha value is -0.250. The van der Waals surface area contributed by atoms with Crippen LogP contribution in [0.1, 0.15) is 6.42 Å². The third-order valence-corrected chi connectivity index (χ3v) is 3.01. The number of hydrogen-bond acceptors (Lipinski definition) is 2. The maximum atomic E-state index is 6.01. The zero-order chi connectivity index (χ0) is 9.97. The third-order valence-electron chi connectivity index (χ3n) is 2.20. The van der Waals surface area contributed by atoms with Gasteiger partial charge in [-0.15, -0.1) is 0 Å². The highest BCUT2D eigenvalue weighted by Crippen LogP contribution is 2.29. The molecular weight excluding hydrogens is 265 g/mol. The monoisotopic (exact) mass is 275 g/mol. The van der Waals surface area contributed by atoms with Crippen molar-refractivity contribution in [1.82, 2.24) is 5.32 Å². The quantitative estimate of drug-likeness (QED) is 0.897. The molecule has 0 saturated carbocycles. The molecule has 0 bridgehead atoms. The van der Waals surface area contributed by atoms with Crippen molar-refractivity contribution in [3.05, 3.63) is 27.7 Å². The van der Waals surface area contributed by atoms with Gasteiger partial charge in [0.25, 0.3) is 0 Å². The summed E-state index contributed by atoms with van der Waals surface area (Å²) < 4.78 is 6.75. The number of halogens is 2. The summed E-state index contributed by atoms with van der Waals surface area (Å²) in [6.45, 7) is 1.93. The molecule has 1 aliphatic rings. The van der Waals surface area contributed by atoms with E-state index in [0.29, 0.717) is 5.02 Å². The van der Waals surface area contributed by atoms with Gasteiger partial charge in [0.05, 0.1) is 5.02 Å². The summed E-state index contributed by atoms with van der Waals surface area (Å²) in [4.78, 5) is 0. The number of nitrogens with one attached hydrogen (secondary N) is 1. The van der Waals surface area contributed by atoms with Crippen LogP contribution in [-0.2, 0) is 0 Å². The Balaban J connectivity index is 2.10. The fourth-order valence-corrected chi connectivity index (χ4v) is 1.98. The summed E-state index contributed by atoms with van der Waals surface area (Å²) in [7, 11) is 0. The van der Waals surface area contributed by atoms with Gasteiger partial charge >= 0.3 is 0 Å². The molecule has 76 valence electrons. The Labute approximate surface area is 96.7 Å². The second-order valence-electron chi connectivity index (χ2n) is 3.31. The van der Waals surface area contributed by atoms with E-state index in [2.05, 4.69) is 21.2 Å². The molecule has 0 radical (unpaired) electrons. The molecule has 1 aromatic rings. The van der Waals surface area contributed by atoms with E-state index in [1.54, 1.807) is 0 Å². The molecule has 14 heavy (non-hydrogen) atoms. The lowest BCUT2D eigenvalue weighted by Gasteiger charge is -2.13. The van der Waals surface area contributed by atoms with E-state index in [4.69, 9.17) is 16.3 Å². The van der Waals surface area contributed by atoms with Gasteiger partial charge in [-0.2, -0.15) is 0 Å². The molecule has 1 atom stereocenters. The standard InChI is InChI=1S/C10H11BrClNO/c11-7-1-2-9(12)10(5-7)14-8-3-4-13-6-8/h1-2,5,8,13H,3-4,6H2/t8-/m1/s1. The number of rotatable bonds is 2. The Bertz CT molecular complexity index is 326. The second-order valence-corrected chi connectivity index (χ2v) is 4.63. The fourth-order valence-electron chi connectivity index (χ4n) is 1.48. The average molecular weight is 277 g/mol. The summed E-state index contributed by atoms with van der Waals surface area (Å²) in [6, 6.07) is 5.64. The molecule has 1 N–H and O–H groups in total. The van der Waals surface area contributed by atoms with Crippen molar-refractivity contribution in [2.45, 2.75) is 12.5 Å². The molecule has 1 fully saturated rings. The Kier molecular flexibility index (Phi) is 3.31. The molecule has 1 saturated heterocycles. The first-order valence-corrected chi connectivity index (χ1v) is 5.75. The molecule has 0 amide bonds. The van der Waals surface area contributed by atoms with Crippen molar-refractivity contribution < 1.29 is 4.74 Å². The minimum absolute atomic E-state index is 0.252. The lowest BCUT2D eigenvalue weighted by atomic mass is 10.3. The number of hydrogen-bond donors (Lipinski definition) is 1. The Morgan fingerprint density at radius 2 is 2.36 bits per heavy atom. The van der Waals surface area contributed by atoms with Crippen LogP contribution in [0.5, 0.6) is 5.75 Å². The van der Waals surface area contributed by atoms with Gasteiger partial charge in [0.2, 0.25) is 0 Å². The third kappa shape index (κ3) is 2.41. The zero-order valence-corrected chi connectivity index (χ0v) is 9.94. The summed E-state index contributed by atoms with van der Waals surface area (Å²) in [5.74, 6) is 0.759. The normalized spacial score (nSPS) is 21.1. The van der Waals surface area contributed by atoms with Crippen LogP contribution in [0.2, 0.25) is 5.02 Å². The first-order valence-electron chi connectivity index (χ1n) is 4.58. The van der Waals surface area contributed by atoms with Crippen LogP contribution in [0.25, 0.3) is 0 Å². The minimum Gasteiger partial charge on any atom is -0.487 e. The molecule has 1 aliphatic heterocycles. The predicted octanol–water partition coefficient (Wildman–Crippen LogP) is 2.84. The Morgan fingerprint density at radius 3 is 3.07 bits per heavy atom. The lowest BCUT2D eigenvalue weighted by Crippen LogP contribution is -2.19. The van der Waals surface area contributed by atoms with Gasteiger partial charge < -0.3 is 10.1 Å². The first-order chi connectivity index (χ1) is 6.75. The predicted molar refractivity (Wildman–Crippen MR) is 61.1 cm³/mol. The molecule has 0 unspecified atom stereocenters. The van der Waals surface area contributed by atoms with Gasteiger partial charge in [-0.05, 0) is 31.2 Å². The molecule has 0 aromatic heterocycles. The van der Waals surface area contributed by atoms with Crippen LogP contribution >= 0.6 is 27.5 Å². The smallest absolute Gasteiger partial charge is 0.139 e. The van der Waals surface area contributed by atoms with Gasteiger partial charge in [-0.25, -0.2) is 0 Å². The van der Waals surface area contributed by atoms with E-state index in [1.165, 1.54) is 0 Å². The van der Waals surface area contributed by atoms with Gasteiger partial charge in [0.15, 0.2) is 0 Å². The minimum atomic E-state index is 0.252. The Morgan fingerprint density at radius 1 is 1.50 bits per heavy atom. The number of benzene rings is 1. The van der Waals surface area contributed by atoms with Crippen LogP contribution in [0.3, 0.4) is 0 Å². The van der Waals surface area contributed by atoms with E-state index in [1.807, 2.05) is 18.2 Å². The highest BCUT2D eigenvalue weighted by Gasteiger charge is 2.17. The van der Waals surface area contributed by atoms with Crippen molar-refractivity contribution in [3.8, 4) is 5.75 Å². The molecular formula is C10H11BrClNO. The van der Waals surface area contributed by atoms with Crippen molar-refractivity contribution in [2.75, 3.05) is 13.1 Å². The highest BCUT2D eigenvalue weighted by molar-refractivity contribution is 9.10. The van der Waals surface area contributed by atoms with Crippen molar-refractivity contribution in [2.24, 2.45) is 0 Å². The van der Waals surface area contributed by atoms with Crippen LogP contribution in [0, 0.1) is 0 Å². The molecule has 4 heteroatoms. The van der Waals surface area contributed by atoms with Crippen LogP contribution in [-0.4, -0.2) is 19.2 Å². The fraction of sp³-hybridized carbons (Fsp3) is 0.400. The summed E-state index contributed by atoms with van der Waals surface area (Å²) in [5.41, 5.74) is 0. The second kappa shape index (κ2) is 4.51. The van der Waals surface area contributed by atoms with Crippen LogP contribution in [0.15, 0.2) is 22.7 Å². The highest BCUT2D eigenvalue weighted by atomic mass is 79.9. The van der Waals surface area contributed by atoms with Crippen molar-refractivity contribution in [1.29, 1.82) is 0 Å². The van der Waals surface area contributed by atoms with Crippen molar-refractivity contribution in [3.63, 3.8) is 0 Å². The summed E-state index contributed by atoms with van der Waals surface area (Å²) in [6.07, 6.45) is 1.30. The maximum absolute atomic E-state index is 6.01. The number of ether oxygens (including phenoxy) is 1. The molecule has 2 nitrogen and oxygen atoms in total.